The summed E-state index contributed by atoms with van der Waals surface area (Å²) < 4.78 is 8.88. The van der Waals surface area contributed by atoms with E-state index in [0.717, 1.165) is 71.1 Å². The number of fused-ring (bicyclic) bond motifs is 6. The quantitative estimate of drug-likeness (QED) is 0.183. The second kappa shape index (κ2) is 11.5. The number of aromatic nitrogens is 5. The van der Waals surface area contributed by atoms with Crippen LogP contribution < -0.4 is 0 Å². The van der Waals surface area contributed by atoms with Crippen molar-refractivity contribution in [3.8, 4) is 56.8 Å². The molecule has 0 amide bonds. The Morgan fingerprint density at radius 3 is 1.64 bits per heavy atom. The Kier molecular flexibility index (Phi) is 6.57. The summed E-state index contributed by atoms with van der Waals surface area (Å²) in [6.45, 7) is 0. The summed E-state index contributed by atoms with van der Waals surface area (Å²) in [4.78, 5) is 25.1. The molecule has 0 aliphatic rings. The molecule has 0 unspecified atom stereocenters. The molecule has 0 aliphatic carbocycles. The molecule has 234 valence electrons. The molecular weight excluding hydrogens is 635 g/mol. The van der Waals surface area contributed by atoms with E-state index in [1.807, 2.05) is 91.0 Å². The number of rotatable bonds is 5. The first-order chi connectivity index (χ1) is 24.8. The fraction of sp³-hybridized carbons (Fsp3) is 0. The zero-order valence-corrected chi connectivity index (χ0v) is 27.3. The Balaban J connectivity index is 1.18. The zero-order chi connectivity index (χ0) is 33.0. The lowest BCUT2D eigenvalue weighted by Gasteiger charge is -2.08. The standard InChI is InChI=1S/C43H25N5OS/c1-4-13-26(14-5-1)40-44-36-31-19-10-11-22-35(31)50-39(36)37(45-40)32-21-12-20-30-33-25-29(23-24-34(33)49-38(30)32)43-47-41(27-15-6-2-7-16-27)46-42(48-43)28-17-8-3-9-18-28/h1-25H. The van der Waals surface area contributed by atoms with Gasteiger partial charge in [-0.2, -0.15) is 0 Å². The normalized spacial score (nSPS) is 11.6. The van der Waals surface area contributed by atoms with Crippen LogP contribution in [0.15, 0.2) is 156 Å². The van der Waals surface area contributed by atoms with Gasteiger partial charge in [0.05, 0.1) is 15.9 Å². The van der Waals surface area contributed by atoms with Crippen molar-refractivity contribution < 1.29 is 4.42 Å². The monoisotopic (exact) mass is 659 g/mol. The van der Waals surface area contributed by atoms with E-state index in [4.69, 9.17) is 29.3 Å². The molecule has 0 spiro atoms. The number of nitrogens with zero attached hydrogens (tertiary/aromatic N) is 5. The van der Waals surface area contributed by atoms with E-state index in [1.165, 1.54) is 4.70 Å². The SMILES string of the molecule is c1ccc(-c2nc(-c3ccccc3)nc(-c3ccc4oc5c(-c6nc(-c7ccccc7)nc7c6sc6ccccc67)cccc5c4c3)n2)cc1. The number of furan rings is 1. The summed E-state index contributed by atoms with van der Waals surface area (Å²) in [5.74, 6) is 2.53. The molecule has 0 fully saturated rings. The molecule has 4 aromatic heterocycles. The lowest BCUT2D eigenvalue weighted by atomic mass is 10.0. The van der Waals surface area contributed by atoms with Crippen LogP contribution in [-0.2, 0) is 0 Å². The van der Waals surface area contributed by atoms with Crippen molar-refractivity contribution in [1.29, 1.82) is 0 Å². The highest BCUT2D eigenvalue weighted by atomic mass is 32.1. The van der Waals surface area contributed by atoms with Crippen LogP contribution in [0, 0.1) is 0 Å². The number of hydrogen-bond donors (Lipinski definition) is 0. The van der Waals surface area contributed by atoms with Gasteiger partial charge in [0.2, 0.25) is 0 Å². The van der Waals surface area contributed by atoms with E-state index < -0.39 is 0 Å². The van der Waals surface area contributed by atoms with Gasteiger partial charge in [0.15, 0.2) is 23.3 Å². The van der Waals surface area contributed by atoms with Gasteiger partial charge in [0.25, 0.3) is 0 Å². The van der Waals surface area contributed by atoms with Crippen LogP contribution in [0.2, 0.25) is 0 Å². The molecule has 0 radical (unpaired) electrons. The van der Waals surface area contributed by atoms with Gasteiger partial charge in [-0.1, -0.05) is 121 Å². The van der Waals surface area contributed by atoms with Crippen LogP contribution in [0.25, 0.3) is 99.1 Å². The lowest BCUT2D eigenvalue weighted by Crippen LogP contribution is -2.00. The van der Waals surface area contributed by atoms with Crippen LogP contribution in [0.3, 0.4) is 0 Å². The maximum absolute atomic E-state index is 6.67. The Hall–Kier alpha value is -6.57. The molecule has 0 saturated carbocycles. The van der Waals surface area contributed by atoms with Crippen molar-refractivity contribution >= 4 is 53.6 Å². The van der Waals surface area contributed by atoms with Crippen molar-refractivity contribution in [1.82, 2.24) is 24.9 Å². The van der Waals surface area contributed by atoms with Gasteiger partial charge in [0.1, 0.15) is 11.2 Å². The predicted octanol–water partition coefficient (Wildman–Crippen LogP) is 11.3. The zero-order valence-electron chi connectivity index (χ0n) is 26.5. The smallest absolute Gasteiger partial charge is 0.164 e. The average molecular weight is 660 g/mol. The lowest BCUT2D eigenvalue weighted by molar-refractivity contribution is 0.670. The number of benzene rings is 6. The number of thiophene rings is 1. The first-order valence-corrected chi connectivity index (χ1v) is 17.2. The van der Waals surface area contributed by atoms with E-state index in [1.54, 1.807) is 11.3 Å². The Bertz CT molecular complexity index is 2810. The molecule has 6 nitrogen and oxygen atoms in total. The first kappa shape index (κ1) is 28.4. The maximum atomic E-state index is 6.67. The molecule has 0 saturated heterocycles. The van der Waals surface area contributed by atoms with Gasteiger partial charge >= 0.3 is 0 Å². The van der Waals surface area contributed by atoms with E-state index in [2.05, 4.69) is 60.7 Å². The van der Waals surface area contributed by atoms with E-state index in [-0.39, 0.29) is 0 Å². The fourth-order valence-electron chi connectivity index (χ4n) is 6.55. The van der Waals surface area contributed by atoms with Crippen LogP contribution in [0.5, 0.6) is 0 Å². The largest absolute Gasteiger partial charge is 0.455 e. The number of hydrogen-bond acceptors (Lipinski definition) is 7. The molecule has 7 heteroatoms. The molecule has 0 bridgehead atoms. The second-order valence-corrected chi connectivity index (χ2v) is 13.1. The Labute approximate surface area is 290 Å². The number of para-hydroxylation sites is 1. The summed E-state index contributed by atoms with van der Waals surface area (Å²) in [6.07, 6.45) is 0. The van der Waals surface area contributed by atoms with Crippen LogP contribution in [0.4, 0.5) is 0 Å². The minimum atomic E-state index is 0.598. The summed E-state index contributed by atoms with van der Waals surface area (Å²) >= 11 is 1.71. The molecule has 0 aliphatic heterocycles. The summed E-state index contributed by atoms with van der Waals surface area (Å²) in [5.41, 5.74) is 8.00. The molecule has 10 aromatic rings. The van der Waals surface area contributed by atoms with Gasteiger partial charge in [-0.3, -0.25) is 0 Å². The molecule has 0 atom stereocenters. The third-order valence-electron chi connectivity index (χ3n) is 8.96. The van der Waals surface area contributed by atoms with Gasteiger partial charge in [0, 0.05) is 48.7 Å². The van der Waals surface area contributed by atoms with Gasteiger partial charge in [-0.25, -0.2) is 24.9 Å². The van der Waals surface area contributed by atoms with E-state index in [9.17, 15) is 0 Å². The second-order valence-electron chi connectivity index (χ2n) is 12.1. The van der Waals surface area contributed by atoms with Crippen LogP contribution in [0.1, 0.15) is 0 Å². The van der Waals surface area contributed by atoms with Gasteiger partial charge in [-0.05, 0) is 30.3 Å². The topological polar surface area (TPSA) is 77.6 Å². The maximum Gasteiger partial charge on any atom is 0.164 e. The average Bonchev–Trinajstić information content (AvgIpc) is 3.77. The Morgan fingerprint density at radius 2 is 0.980 bits per heavy atom. The van der Waals surface area contributed by atoms with Crippen LogP contribution >= 0.6 is 11.3 Å². The molecule has 0 N–H and O–H groups in total. The fourth-order valence-corrected chi connectivity index (χ4v) is 7.70. The van der Waals surface area contributed by atoms with Crippen molar-refractivity contribution in [2.45, 2.75) is 0 Å². The van der Waals surface area contributed by atoms with E-state index in [0.29, 0.717) is 23.3 Å². The van der Waals surface area contributed by atoms with Crippen molar-refractivity contribution in [3.63, 3.8) is 0 Å². The third-order valence-corrected chi connectivity index (χ3v) is 10.1. The summed E-state index contributed by atoms with van der Waals surface area (Å²) in [5, 5.41) is 3.10. The summed E-state index contributed by atoms with van der Waals surface area (Å²) in [6, 6.07) is 51.0. The van der Waals surface area contributed by atoms with Crippen LogP contribution in [-0.4, -0.2) is 24.9 Å². The van der Waals surface area contributed by atoms with Crippen molar-refractivity contribution in [3.05, 3.63) is 152 Å². The Morgan fingerprint density at radius 1 is 0.420 bits per heavy atom. The minimum Gasteiger partial charge on any atom is -0.455 e. The minimum absolute atomic E-state index is 0.598. The predicted molar refractivity (Wildman–Crippen MR) is 203 cm³/mol. The third kappa shape index (κ3) is 4.75. The highest BCUT2D eigenvalue weighted by Crippen LogP contribution is 2.43. The van der Waals surface area contributed by atoms with Crippen molar-refractivity contribution in [2.75, 3.05) is 0 Å². The molecule has 6 aromatic carbocycles. The molecule has 4 heterocycles. The van der Waals surface area contributed by atoms with E-state index >= 15 is 0 Å². The first-order valence-electron chi connectivity index (χ1n) is 16.3. The highest BCUT2D eigenvalue weighted by molar-refractivity contribution is 7.26. The molecule has 50 heavy (non-hydrogen) atoms. The van der Waals surface area contributed by atoms with Crippen molar-refractivity contribution in [2.24, 2.45) is 0 Å². The summed E-state index contributed by atoms with van der Waals surface area (Å²) in [7, 11) is 0. The molecule has 10 rings (SSSR count). The highest BCUT2D eigenvalue weighted by Gasteiger charge is 2.21. The molecular formula is C43H25N5OS. The van der Waals surface area contributed by atoms with Gasteiger partial charge < -0.3 is 4.42 Å². The van der Waals surface area contributed by atoms with Gasteiger partial charge in [-0.15, -0.1) is 11.3 Å².